The second kappa shape index (κ2) is 3.08. The van der Waals surface area contributed by atoms with E-state index in [1.54, 1.807) is 13.2 Å². The molecule has 0 fully saturated rings. The monoisotopic (exact) mass is 149 g/mol. The summed E-state index contributed by atoms with van der Waals surface area (Å²) >= 11 is 1.06. The molecule has 1 unspecified atom stereocenters. The lowest BCUT2D eigenvalue weighted by Gasteiger charge is -2.18. The third kappa shape index (κ3) is 1.87. The molecule has 3 nitrogen and oxygen atoms in total. The zero-order chi connectivity index (χ0) is 7.49. The molecule has 0 saturated heterocycles. The maximum absolute atomic E-state index is 10.4. The van der Waals surface area contributed by atoms with E-state index < -0.39 is 10.8 Å². The Kier molecular flexibility index (Phi) is 3.00. The first-order chi connectivity index (χ1) is 4.06. The summed E-state index contributed by atoms with van der Waals surface area (Å²) in [5.41, 5.74) is 4.88. The molecule has 3 N–H and O–H groups in total. The Morgan fingerprint density at radius 3 is 2.33 bits per heavy atom. The second-order valence-corrected chi connectivity index (χ2v) is 2.79. The van der Waals surface area contributed by atoms with Crippen molar-refractivity contribution < 1.29 is 9.90 Å². The Labute approximate surface area is 58.6 Å². The number of nitrogens with two attached hydrogens (primary N) is 1. The molecule has 0 aliphatic carbocycles. The molecule has 0 aliphatic rings. The molecular weight excluding hydrogens is 138 g/mol. The first-order valence-corrected chi connectivity index (χ1v) is 3.86. The van der Waals surface area contributed by atoms with Gasteiger partial charge in [-0.15, -0.1) is 11.8 Å². The Morgan fingerprint density at radius 1 is 1.89 bits per heavy atom. The number of hydrogen-bond acceptors (Lipinski definition) is 3. The maximum atomic E-state index is 10.4. The Bertz CT molecular complexity index is 112. The lowest BCUT2D eigenvalue weighted by Crippen LogP contribution is -2.39. The number of thioether (sulfide) groups is 1. The molecule has 0 aromatic heterocycles. The van der Waals surface area contributed by atoms with Crippen LogP contribution in [0, 0.1) is 0 Å². The highest BCUT2D eigenvalue weighted by molar-refractivity contribution is 8.00. The fraction of sp³-hybridized carbons (Fsp3) is 0.800. The minimum absolute atomic E-state index is 0.351. The minimum atomic E-state index is -1.36. The van der Waals surface area contributed by atoms with Crippen molar-refractivity contribution in [1.29, 1.82) is 0 Å². The van der Waals surface area contributed by atoms with Crippen molar-refractivity contribution in [1.82, 2.24) is 0 Å². The lowest BCUT2D eigenvalue weighted by atomic mass is 10.2. The van der Waals surface area contributed by atoms with Crippen molar-refractivity contribution in [3.05, 3.63) is 0 Å². The van der Waals surface area contributed by atoms with Gasteiger partial charge < -0.3 is 10.8 Å². The topological polar surface area (TPSA) is 63.3 Å². The first kappa shape index (κ1) is 8.78. The SMILES string of the molecule is CCC(O)(SC)C(N)=O. The molecule has 0 heterocycles. The number of carbonyl (C=O) groups excluding carboxylic acids is 1. The Hall–Kier alpha value is -0.220. The molecule has 0 aromatic rings. The van der Waals surface area contributed by atoms with Crippen molar-refractivity contribution in [3.8, 4) is 0 Å². The van der Waals surface area contributed by atoms with E-state index in [-0.39, 0.29) is 0 Å². The summed E-state index contributed by atoms with van der Waals surface area (Å²) < 4.78 is 0. The average molecular weight is 149 g/mol. The van der Waals surface area contributed by atoms with Crippen molar-refractivity contribution in [3.63, 3.8) is 0 Å². The quantitative estimate of drug-likeness (QED) is 0.552. The highest BCUT2D eigenvalue weighted by atomic mass is 32.2. The van der Waals surface area contributed by atoms with Gasteiger partial charge >= 0.3 is 0 Å². The van der Waals surface area contributed by atoms with Crippen molar-refractivity contribution in [2.45, 2.75) is 18.3 Å². The molecule has 9 heavy (non-hydrogen) atoms. The van der Waals surface area contributed by atoms with Gasteiger partial charge in [0.05, 0.1) is 0 Å². The van der Waals surface area contributed by atoms with Gasteiger partial charge in [0.15, 0.2) is 4.93 Å². The van der Waals surface area contributed by atoms with Gasteiger partial charge in [0, 0.05) is 0 Å². The van der Waals surface area contributed by atoms with Crippen molar-refractivity contribution in [2.24, 2.45) is 5.73 Å². The van der Waals surface area contributed by atoms with Gasteiger partial charge in [-0.2, -0.15) is 0 Å². The van der Waals surface area contributed by atoms with Crippen LogP contribution in [0.2, 0.25) is 0 Å². The fourth-order valence-electron chi connectivity index (χ4n) is 0.419. The highest BCUT2D eigenvalue weighted by Crippen LogP contribution is 2.21. The van der Waals surface area contributed by atoms with Crippen LogP contribution in [0.1, 0.15) is 13.3 Å². The smallest absolute Gasteiger partial charge is 0.260 e. The molecule has 0 saturated carbocycles. The van der Waals surface area contributed by atoms with E-state index in [2.05, 4.69) is 0 Å². The molecule has 0 rings (SSSR count). The van der Waals surface area contributed by atoms with Crippen molar-refractivity contribution in [2.75, 3.05) is 6.26 Å². The summed E-state index contributed by atoms with van der Waals surface area (Å²) in [5, 5.41) is 9.19. The molecule has 1 amide bonds. The number of hydrogen-bond donors (Lipinski definition) is 2. The van der Waals surface area contributed by atoms with E-state index in [1.165, 1.54) is 0 Å². The Balaban J connectivity index is 4.09. The van der Waals surface area contributed by atoms with E-state index in [1.807, 2.05) is 0 Å². The predicted octanol–water partition coefficient (Wildman–Crippen LogP) is -0.0667. The van der Waals surface area contributed by atoms with Gasteiger partial charge in [-0.25, -0.2) is 0 Å². The van der Waals surface area contributed by atoms with E-state index in [4.69, 9.17) is 5.73 Å². The Morgan fingerprint density at radius 2 is 2.33 bits per heavy atom. The molecule has 0 aromatic carbocycles. The average Bonchev–Trinajstić information content (AvgIpc) is 1.86. The zero-order valence-electron chi connectivity index (χ0n) is 5.55. The van der Waals surface area contributed by atoms with Gasteiger partial charge in [-0.05, 0) is 12.7 Å². The largest absolute Gasteiger partial charge is 0.371 e. The van der Waals surface area contributed by atoms with Gasteiger partial charge in [-0.3, -0.25) is 4.79 Å². The van der Waals surface area contributed by atoms with Gasteiger partial charge in [0.1, 0.15) is 0 Å². The summed E-state index contributed by atoms with van der Waals surface area (Å²) in [6.45, 7) is 1.71. The van der Waals surface area contributed by atoms with E-state index >= 15 is 0 Å². The second-order valence-electron chi connectivity index (χ2n) is 1.71. The van der Waals surface area contributed by atoms with Crippen LogP contribution in [0.3, 0.4) is 0 Å². The zero-order valence-corrected chi connectivity index (χ0v) is 6.36. The minimum Gasteiger partial charge on any atom is -0.371 e. The normalized spacial score (nSPS) is 16.8. The number of aliphatic hydroxyl groups is 1. The summed E-state index contributed by atoms with van der Waals surface area (Å²) in [7, 11) is 0. The van der Waals surface area contributed by atoms with E-state index in [0.29, 0.717) is 6.42 Å². The summed E-state index contributed by atoms with van der Waals surface area (Å²) in [5.74, 6) is -0.669. The standard InChI is InChI=1S/C5H11NO2S/c1-3-5(8,9-2)4(6)7/h8H,3H2,1-2H3,(H2,6,7). The molecule has 0 aliphatic heterocycles. The summed E-state index contributed by atoms with van der Waals surface area (Å²) in [6.07, 6.45) is 2.00. The first-order valence-electron chi connectivity index (χ1n) is 2.64. The molecule has 0 bridgehead atoms. The van der Waals surface area contributed by atoms with E-state index in [9.17, 15) is 9.90 Å². The molecular formula is C5H11NO2S. The van der Waals surface area contributed by atoms with Gasteiger partial charge in [-0.1, -0.05) is 6.92 Å². The van der Waals surface area contributed by atoms with Crippen LogP contribution in [0.5, 0.6) is 0 Å². The van der Waals surface area contributed by atoms with Crippen LogP contribution in [-0.4, -0.2) is 22.2 Å². The number of primary amides is 1. The third-order valence-corrected chi connectivity index (χ3v) is 2.37. The van der Waals surface area contributed by atoms with E-state index in [0.717, 1.165) is 11.8 Å². The maximum Gasteiger partial charge on any atom is 0.260 e. The van der Waals surface area contributed by atoms with Gasteiger partial charge in [0.2, 0.25) is 0 Å². The van der Waals surface area contributed by atoms with Crippen LogP contribution in [0.15, 0.2) is 0 Å². The van der Waals surface area contributed by atoms with Crippen LogP contribution in [0.4, 0.5) is 0 Å². The number of rotatable bonds is 3. The summed E-state index contributed by atoms with van der Waals surface area (Å²) in [6, 6.07) is 0. The van der Waals surface area contributed by atoms with Crippen LogP contribution in [-0.2, 0) is 4.79 Å². The van der Waals surface area contributed by atoms with Crippen LogP contribution in [0.25, 0.3) is 0 Å². The summed E-state index contributed by atoms with van der Waals surface area (Å²) in [4.78, 5) is 9.07. The third-order valence-electron chi connectivity index (χ3n) is 1.20. The molecule has 0 spiro atoms. The van der Waals surface area contributed by atoms with Crippen LogP contribution < -0.4 is 5.73 Å². The molecule has 0 radical (unpaired) electrons. The highest BCUT2D eigenvalue weighted by Gasteiger charge is 2.29. The van der Waals surface area contributed by atoms with Crippen molar-refractivity contribution >= 4 is 17.7 Å². The fourth-order valence-corrected chi connectivity index (χ4v) is 0.909. The van der Waals surface area contributed by atoms with Gasteiger partial charge in [0.25, 0.3) is 5.91 Å². The molecule has 4 heteroatoms. The molecule has 54 valence electrons. The number of carbonyl (C=O) groups is 1. The number of amides is 1. The lowest BCUT2D eigenvalue weighted by molar-refractivity contribution is -0.128. The molecule has 1 atom stereocenters. The van der Waals surface area contributed by atoms with Crippen LogP contribution >= 0.6 is 11.8 Å². The predicted molar refractivity (Wildman–Crippen MR) is 38.0 cm³/mol.